The molecule has 0 aliphatic carbocycles. The van der Waals surface area contributed by atoms with Gasteiger partial charge >= 0.3 is 0 Å². The topological polar surface area (TPSA) is 80.2 Å². The first kappa shape index (κ1) is 16.0. The zero-order valence-electron chi connectivity index (χ0n) is 14.0. The molecule has 7 nitrogen and oxygen atoms in total. The summed E-state index contributed by atoms with van der Waals surface area (Å²) in [6.45, 7) is 1.96. The summed E-state index contributed by atoms with van der Waals surface area (Å²) in [5, 5.41) is 3.33. The van der Waals surface area contributed by atoms with E-state index in [1.54, 1.807) is 30.7 Å². The third kappa shape index (κ3) is 3.46. The van der Waals surface area contributed by atoms with Crippen LogP contribution in [0.1, 0.15) is 29.8 Å². The molecule has 2 saturated heterocycles. The predicted octanol–water partition coefficient (Wildman–Crippen LogP) is 1.75. The van der Waals surface area contributed by atoms with Crippen molar-refractivity contribution in [2.45, 2.75) is 30.9 Å². The van der Waals surface area contributed by atoms with Crippen LogP contribution in [0, 0.1) is 0 Å². The van der Waals surface area contributed by atoms with Crippen LogP contribution in [0.3, 0.4) is 0 Å². The lowest BCUT2D eigenvalue weighted by Crippen LogP contribution is -2.50. The largest absolute Gasteiger partial charge is 0.371 e. The van der Waals surface area contributed by atoms with Gasteiger partial charge in [0.2, 0.25) is 5.95 Å². The van der Waals surface area contributed by atoms with Crippen molar-refractivity contribution in [3.8, 4) is 0 Å². The van der Waals surface area contributed by atoms with Gasteiger partial charge < -0.3 is 15.0 Å². The van der Waals surface area contributed by atoms with Crippen LogP contribution in [0.4, 0.5) is 5.95 Å². The van der Waals surface area contributed by atoms with Crippen LogP contribution in [0.5, 0.6) is 0 Å². The Morgan fingerprint density at radius 3 is 2.84 bits per heavy atom. The molecule has 0 saturated carbocycles. The Morgan fingerprint density at radius 1 is 1.20 bits per heavy atom. The molecule has 2 fully saturated rings. The van der Waals surface area contributed by atoms with E-state index in [0.29, 0.717) is 24.8 Å². The number of likely N-dealkylation sites (tertiary alicyclic amines) is 1. The Hall–Kier alpha value is -2.54. The average Bonchev–Trinajstić information content (AvgIpc) is 3.04. The number of hydrogen-bond donors (Lipinski definition) is 1. The molecule has 4 rings (SSSR count). The van der Waals surface area contributed by atoms with Crippen molar-refractivity contribution in [3.05, 3.63) is 48.5 Å². The summed E-state index contributed by atoms with van der Waals surface area (Å²) in [5.74, 6) is 0.594. The van der Waals surface area contributed by atoms with Gasteiger partial charge in [-0.1, -0.05) is 6.07 Å². The highest BCUT2D eigenvalue weighted by Gasteiger charge is 2.44. The standard InChI is InChI=1S/C18H21N5O2/c24-16(15-5-1-2-7-19-15)23-10-3-6-18(13-23)11-14(12-25-18)22-17-20-8-4-9-21-17/h1-2,4-5,7-9,14H,3,6,10-13H2,(H,20,21,22)/t14-,18-/m0/s1. The van der Waals surface area contributed by atoms with Crippen molar-refractivity contribution >= 4 is 11.9 Å². The molecule has 1 amide bonds. The van der Waals surface area contributed by atoms with Crippen LogP contribution in [0.15, 0.2) is 42.9 Å². The maximum absolute atomic E-state index is 12.7. The molecule has 2 aromatic heterocycles. The van der Waals surface area contributed by atoms with Gasteiger partial charge in [0.25, 0.3) is 5.91 Å². The second kappa shape index (κ2) is 6.76. The van der Waals surface area contributed by atoms with E-state index in [4.69, 9.17) is 4.74 Å². The molecule has 2 aromatic rings. The lowest BCUT2D eigenvalue weighted by atomic mass is 9.88. The highest BCUT2D eigenvalue weighted by molar-refractivity contribution is 5.92. The first-order valence-corrected chi connectivity index (χ1v) is 8.62. The Morgan fingerprint density at radius 2 is 2.04 bits per heavy atom. The molecule has 0 aromatic carbocycles. The number of ether oxygens (including phenoxy) is 1. The molecule has 4 heterocycles. The molecule has 0 unspecified atom stereocenters. The second-order valence-corrected chi connectivity index (χ2v) is 6.66. The van der Waals surface area contributed by atoms with Crippen molar-refractivity contribution in [1.82, 2.24) is 19.9 Å². The van der Waals surface area contributed by atoms with Gasteiger partial charge in [0, 0.05) is 31.6 Å². The van der Waals surface area contributed by atoms with Crippen molar-refractivity contribution in [3.63, 3.8) is 0 Å². The Balaban J connectivity index is 1.42. The van der Waals surface area contributed by atoms with Gasteiger partial charge in [-0.15, -0.1) is 0 Å². The van der Waals surface area contributed by atoms with Crippen molar-refractivity contribution in [2.75, 3.05) is 25.0 Å². The minimum absolute atomic E-state index is 0.0222. The first-order valence-electron chi connectivity index (χ1n) is 8.62. The summed E-state index contributed by atoms with van der Waals surface area (Å²) in [4.78, 5) is 27.1. The van der Waals surface area contributed by atoms with E-state index < -0.39 is 0 Å². The van der Waals surface area contributed by atoms with Crippen molar-refractivity contribution < 1.29 is 9.53 Å². The lowest BCUT2D eigenvalue weighted by Gasteiger charge is -2.39. The van der Waals surface area contributed by atoms with Gasteiger partial charge in [0.1, 0.15) is 5.69 Å². The third-order valence-electron chi connectivity index (χ3n) is 4.82. The number of carbonyl (C=O) groups is 1. The van der Waals surface area contributed by atoms with Gasteiger partial charge in [-0.3, -0.25) is 9.78 Å². The molecule has 0 bridgehead atoms. The van der Waals surface area contributed by atoms with Crippen LogP contribution >= 0.6 is 0 Å². The fraction of sp³-hybridized carbons (Fsp3) is 0.444. The number of anilines is 1. The zero-order valence-corrected chi connectivity index (χ0v) is 14.0. The molecule has 130 valence electrons. The molecule has 25 heavy (non-hydrogen) atoms. The van der Waals surface area contributed by atoms with E-state index in [-0.39, 0.29) is 17.6 Å². The SMILES string of the molecule is O=C(c1ccccn1)N1CCC[C@]2(C[C@H](Nc3ncccn3)CO2)C1. The normalized spacial score (nSPS) is 25.9. The Kier molecular flexibility index (Phi) is 4.31. The molecular weight excluding hydrogens is 318 g/mol. The molecule has 7 heteroatoms. The van der Waals surface area contributed by atoms with Crippen LogP contribution in [0.25, 0.3) is 0 Å². The molecule has 2 atom stereocenters. The summed E-state index contributed by atoms with van der Waals surface area (Å²) in [7, 11) is 0. The van der Waals surface area contributed by atoms with Crippen LogP contribution < -0.4 is 5.32 Å². The number of aromatic nitrogens is 3. The molecule has 0 radical (unpaired) electrons. The van der Waals surface area contributed by atoms with Gasteiger partial charge in [-0.25, -0.2) is 9.97 Å². The van der Waals surface area contributed by atoms with Crippen LogP contribution in [0.2, 0.25) is 0 Å². The van der Waals surface area contributed by atoms with Crippen molar-refractivity contribution in [1.29, 1.82) is 0 Å². The molecule has 1 spiro atoms. The van der Waals surface area contributed by atoms with E-state index in [0.717, 1.165) is 25.8 Å². The first-order chi connectivity index (χ1) is 12.2. The smallest absolute Gasteiger partial charge is 0.272 e. The van der Waals surface area contributed by atoms with E-state index in [2.05, 4.69) is 20.3 Å². The monoisotopic (exact) mass is 339 g/mol. The minimum Gasteiger partial charge on any atom is -0.371 e. The summed E-state index contributed by atoms with van der Waals surface area (Å²) in [6.07, 6.45) is 7.83. The van der Waals surface area contributed by atoms with Crippen LogP contribution in [-0.2, 0) is 4.74 Å². The number of pyridine rings is 1. The molecule has 2 aliphatic heterocycles. The number of piperidine rings is 1. The van der Waals surface area contributed by atoms with Gasteiger partial charge in [-0.05, 0) is 31.0 Å². The predicted molar refractivity (Wildman–Crippen MR) is 92.1 cm³/mol. The van der Waals surface area contributed by atoms with E-state index >= 15 is 0 Å². The number of hydrogen-bond acceptors (Lipinski definition) is 6. The minimum atomic E-state index is -0.283. The number of amides is 1. The fourth-order valence-electron chi connectivity index (χ4n) is 3.70. The van der Waals surface area contributed by atoms with Gasteiger partial charge in [0.15, 0.2) is 0 Å². The van der Waals surface area contributed by atoms with Crippen molar-refractivity contribution in [2.24, 2.45) is 0 Å². The highest BCUT2D eigenvalue weighted by atomic mass is 16.5. The number of carbonyl (C=O) groups excluding carboxylic acids is 1. The maximum Gasteiger partial charge on any atom is 0.272 e. The number of nitrogens with one attached hydrogen (secondary N) is 1. The summed E-state index contributed by atoms with van der Waals surface area (Å²) in [6, 6.07) is 7.37. The number of nitrogens with zero attached hydrogens (tertiary/aromatic N) is 4. The summed E-state index contributed by atoms with van der Waals surface area (Å²) >= 11 is 0. The summed E-state index contributed by atoms with van der Waals surface area (Å²) < 4.78 is 6.15. The maximum atomic E-state index is 12.7. The van der Waals surface area contributed by atoms with Crippen LogP contribution in [-0.4, -0.2) is 57.1 Å². The second-order valence-electron chi connectivity index (χ2n) is 6.66. The number of rotatable bonds is 3. The van der Waals surface area contributed by atoms with Gasteiger partial charge in [-0.2, -0.15) is 0 Å². The zero-order chi connectivity index (χ0) is 17.1. The van der Waals surface area contributed by atoms with E-state index in [1.165, 1.54) is 0 Å². The quantitative estimate of drug-likeness (QED) is 0.918. The van der Waals surface area contributed by atoms with E-state index in [1.807, 2.05) is 17.0 Å². The Labute approximate surface area is 146 Å². The molecular formula is C18H21N5O2. The van der Waals surface area contributed by atoms with Gasteiger partial charge in [0.05, 0.1) is 24.8 Å². The third-order valence-corrected chi connectivity index (χ3v) is 4.82. The molecule has 2 aliphatic rings. The lowest BCUT2D eigenvalue weighted by molar-refractivity contribution is -0.0448. The highest BCUT2D eigenvalue weighted by Crippen LogP contribution is 2.35. The Bertz CT molecular complexity index is 727. The molecule has 1 N–H and O–H groups in total. The fourth-order valence-corrected chi connectivity index (χ4v) is 3.70. The summed E-state index contributed by atoms with van der Waals surface area (Å²) in [5.41, 5.74) is 0.208. The average molecular weight is 339 g/mol. The van der Waals surface area contributed by atoms with E-state index in [9.17, 15) is 4.79 Å².